The number of rotatable bonds is 4. The topological polar surface area (TPSA) is 57.6 Å². The molecule has 4 nitrogen and oxygen atoms in total. The summed E-state index contributed by atoms with van der Waals surface area (Å²) in [7, 11) is 1.74. The highest BCUT2D eigenvalue weighted by Gasteiger charge is 2.33. The smallest absolute Gasteiger partial charge is 0.336 e. The molecule has 1 aromatic rings. The Morgan fingerprint density at radius 1 is 1.28 bits per heavy atom. The summed E-state index contributed by atoms with van der Waals surface area (Å²) >= 11 is 0. The van der Waals surface area contributed by atoms with Crippen molar-refractivity contribution in [3.05, 3.63) is 35.4 Å². The summed E-state index contributed by atoms with van der Waals surface area (Å²) in [5, 5.41) is 9.09. The van der Waals surface area contributed by atoms with Gasteiger partial charge in [0.15, 0.2) is 0 Å². The van der Waals surface area contributed by atoms with Gasteiger partial charge in [-0.1, -0.05) is 12.1 Å². The molecular formula is C14H17NO3. The third-order valence-electron chi connectivity index (χ3n) is 3.62. The van der Waals surface area contributed by atoms with Gasteiger partial charge in [0.1, 0.15) is 0 Å². The van der Waals surface area contributed by atoms with Crippen molar-refractivity contribution < 1.29 is 14.7 Å². The summed E-state index contributed by atoms with van der Waals surface area (Å²) in [6.07, 6.45) is 2.30. The van der Waals surface area contributed by atoms with Crippen molar-refractivity contribution in [1.29, 1.82) is 0 Å². The summed E-state index contributed by atoms with van der Waals surface area (Å²) in [6.45, 7) is 2.01. The first-order chi connectivity index (χ1) is 8.52. The molecule has 1 aliphatic rings. The normalized spacial score (nSPS) is 16.1. The van der Waals surface area contributed by atoms with Crippen LogP contribution in [-0.2, 0) is 0 Å². The maximum absolute atomic E-state index is 12.3. The van der Waals surface area contributed by atoms with Gasteiger partial charge in [0.05, 0.1) is 11.1 Å². The number of benzene rings is 1. The molecule has 4 heteroatoms. The average molecular weight is 247 g/mol. The molecule has 1 aliphatic carbocycles. The Morgan fingerprint density at radius 3 is 2.33 bits per heavy atom. The van der Waals surface area contributed by atoms with Gasteiger partial charge in [-0.2, -0.15) is 0 Å². The van der Waals surface area contributed by atoms with Crippen molar-refractivity contribution in [3.63, 3.8) is 0 Å². The zero-order valence-electron chi connectivity index (χ0n) is 10.6. The van der Waals surface area contributed by atoms with Crippen molar-refractivity contribution in [3.8, 4) is 0 Å². The predicted molar refractivity (Wildman–Crippen MR) is 67.7 cm³/mol. The van der Waals surface area contributed by atoms with E-state index in [1.807, 2.05) is 6.92 Å². The van der Waals surface area contributed by atoms with Gasteiger partial charge in [-0.3, -0.25) is 4.79 Å². The minimum absolute atomic E-state index is 0.0670. The van der Waals surface area contributed by atoms with Crippen LogP contribution in [0, 0.1) is 5.92 Å². The summed E-state index contributed by atoms with van der Waals surface area (Å²) < 4.78 is 0. The fraction of sp³-hybridized carbons (Fsp3) is 0.429. The van der Waals surface area contributed by atoms with E-state index in [0.29, 0.717) is 5.92 Å². The Morgan fingerprint density at radius 2 is 1.83 bits per heavy atom. The van der Waals surface area contributed by atoms with Gasteiger partial charge >= 0.3 is 5.97 Å². The van der Waals surface area contributed by atoms with Crippen molar-refractivity contribution in [1.82, 2.24) is 4.90 Å². The Labute approximate surface area is 106 Å². The number of carboxylic acids is 1. The average Bonchev–Trinajstić information content (AvgIpc) is 3.20. The van der Waals surface area contributed by atoms with Crippen molar-refractivity contribution in [2.24, 2.45) is 5.92 Å². The van der Waals surface area contributed by atoms with E-state index < -0.39 is 5.97 Å². The number of carbonyl (C=O) groups excluding carboxylic acids is 1. The van der Waals surface area contributed by atoms with Gasteiger partial charge in [-0.05, 0) is 37.8 Å². The standard InChI is InChI=1S/C14H17NO3/c1-9(10-7-8-10)15(2)13(16)11-5-3-4-6-12(11)14(17)18/h3-6,9-10H,7-8H2,1-2H3,(H,17,18). The number of amides is 1. The highest BCUT2D eigenvalue weighted by Crippen LogP contribution is 2.35. The molecule has 0 bridgehead atoms. The molecule has 0 aliphatic heterocycles. The van der Waals surface area contributed by atoms with Crippen molar-refractivity contribution in [2.75, 3.05) is 7.05 Å². The molecule has 1 aromatic carbocycles. The van der Waals surface area contributed by atoms with E-state index in [1.165, 1.54) is 6.07 Å². The SMILES string of the molecule is CC(C1CC1)N(C)C(=O)c1ccccc1C(=O)O. The van der Waals surface area contributed by atoms with Crippen LogP contribution in [0.25, 0.3) is 0 Å². The largest absolute Gasteiger partial charge is 0.478 e. The molecule has 1 amide bonds. The van der Waals surface area contributed by atoms with Gasteiger partial charge in [0.25, 0.3) is 5.91 Å². The molecule has 1 fully saturated rings. The molecule has 0 saturated heterocycles. The molecule has 1 atom stereocenters. The first kappa shape index (κ1) is 12.6. The lowest BCUT2D eigenvalue weighted by Crippen LogP contribution is -2.37. The van der Waals surface area contributed by atoms with Crippen molar-refractivity contribution >= 4 is 11.9 Å². The van der Waals surface area contributed by atoms with Gasteiger partial charge < -0.3 is 10.0 Å². The first-order valence-electron chi connectivity index (χ1n) is 6.12. The maximum Gasteiger partial charge on any atom is 0.336 e. The van der Waals surface area contributed by atoms with Crippen LogP contribution in [0.1, 0.15) is 40.5 Å². The summed E-state index contributed by atoms with van der Waals surface area (Å²) in [5.41, 5.74) is 0.331. The van der Waals surface area contributed by atoms with Crippen LogP contribution >= 0.6 is 0 Å². The Kier molecular flexibility index (Phi) is 3.36. The highest BCUT2D eigenvalue weighted by atomic mass is 16.4. The Hall–Kier alpha value is -1.84. The molecule has 1 N–H and O–H groups in total. The molecular weight excluding hydrogens is 230 g/mol. The number of carbonyl (C=O) groups is 2. The van der Waals surface area contributed by atoms with E-state index in [1.54, 1.807) is 30.1 Å². The summed E-state index contributed by atoms with van der Waals surface area (Å²) in [6, 6.07) is 6.52. The number of nitrogens with zero attached hydrogens (tertiary/aromatic N) is 1. The lowest BCUT2D eigenvalue weighted by molar-refractivity contribution is 0.0667. The Balaban J connectivity index is 2.25. The zero-order valence-corrected chi connectivity index (χ0v) is 10.6. The van der Waals surface area contributed by atoms with Gasteiger partial charge in [0.2, 0.25) is 0 Å². The molecule has 0 aromatic heterocycles. The lowest BCUT2D eigenvalue weighted by atomic mass is 10.1. The molecule has 0 spiro atoms. The minimum Gasteiger partial charge on any atom is -0.478 e. The van der Waals surface area contributed by atoms with E-state index >= 15 is 0 Å². The van der Waals surface area contributed by atoms with E-state index in [0.717, 1.165) is 12.8 Å². The van der Waals surface area contributed by atoms with Crippen LogP contribution < -0.4 is 0 Å². The molecule has 0 radical (unpaired) electrons. The minimum atomic E-state index is -1.06. The third-order valence-corrected chi connectivity index (χ3v) is 3.62. The lowest BCUT2D eigenvalue weighted by Gasteiger charge is -2.25. The van der Waals surface area contributed by atoms with E-state index in [2.05, 4.69) is 0 Å². The maximum atomic E-state index is 12.3. The second-order valence-electron chi connectivity index (χ2n) is 4.84. The predicted octanol–water partition coefficient (Wildman–Crippen LogP) is 2.26. The van der Waals surface area contributed by atoms with Gasteiger partial charge in [0, 0.05) is 13.1 Å². The van der Waals surface area contributed by atoms with E-state index in [9.17, 15) is 9.59 Å². The van der Waals surface area contributed by atoms with Crippen LogP contribution in [-0.4, -0.2) is 35.0 Å². The highest BCUT2D eigenvalue weighted by molar-refractivity contribution is 6.04. The molecule has 18 heavy (non-hydrogen) atoms. The van der Waals surface area contributed by atoms with E-state index in [-0.39, 0.29) is 23.1 Å². The third kappa shape index (κ3) is 2.37. The van der Waals surface area contributed by atoms with Gasteiger partial charge in [-0.25, -0.2) is 4.79 Å². The summed E-state index contributed by atoms with van der Waals surface area (Å²) in [5.74, 6) is -0.713. The fourth-order valence-electron chi connectivity index (χ4n) is 2.13. The molecule has 1 unspecified atom stereocenters. The van der Waals surface area contributed by atoms with Gasteiger partial charge in [-0.15, -0.1) is 0 Å². The van der Waals surface area contributed by atoms with E-state index in [4.69, 9.17) is 5.11 Å². The first-order valence-corrected chi connectivity index (χ1v) is 6.12. The second kappa shape index (κ2) is 4.80. The summed E-state index contributed by atoms with van der Waals surface area (Å²) in [4.78, 5) is 25.1. The van der Waals surface area contributed by atoms with Crippen molar-refractivity contribution in [2.45, 2.75) is 25.8 Å². The molecule has 96 valence electrons. The number of hydrogen-bond donors (Lipinski definition) is 1. The van der Waals surface area contributed by atoms with Crippen LogP contribution in [0.2, 0.25) is 0 Å². The number of carboxylic acid groups (broad SMARTS) is 1. The molecule has 2 rings (SSSR count). The molecule has 0 heterocycles. The monoisotopic (exact) mass is 247 g/mol. The van der Waals surface area contributed by atoms with Crippen LogP contribution in [0.3, 0.4) is 0 Å². The molecule has 1 saturated carbocycles. The van der Waals surface area contributed by atoms with Crippen LogP contribution in [0.5, 0.6) is 0 Å². The second-order valence-corrected chi connectivity index (χ2v) is 4.84. The number of hydrogen-bond acceptors (Lipinski definition) is 2. The quantitative estimate of drug-likeness (QED) is 0.887. The van der Waals surface area contributed by atoms with Crippen LogP contribution in [0.15, 0.2) is 24.3 Å². The Bertz CT molecular complexity index is 480. The van der Waals surface area contributed by atoms with Crippen LogP contribution in [0.4, 0.5) is 0 Å². The fourth-order valence-corrected chi connectivity index (χ4v) is 2.13. The number of aromatic carboxylic acids is 1. The zero-order chi connectivity index (χ0) is 13.3.